The summed E-state index contributed by atoms with van der Waals surface area (Å²) in [7, 11) is 2.65. The average Bonchev–Trinajstić information content (AvgIpc) is 3.32. The van der Waals surface area contributed by atoms with Gasteiger partial charge in [-0.15, -0.1) is 22.4 Å². The molecule has 1 heterocycles. The molecule has 196 valence electrons. The van der Waals surface area contributed by atoms with Crippen LogP contribution >= 0.6 is 9.24 Å². The van der Waals surface area contributed by atoms with E-state index in [1.807, 2.05) is 0 Å². The zero-order chi connectivity index (χ0) is 26.4. The number of esters is 1. The molecule has 0 aromatic carbocycles. The molecule has 1 aliphatic carbocycles. The number of hydrogen-bond acceptors (Lipinski definition) is 6. The van der Waals surface area contributed by atoms with Gasteiger partial charge in [0, 0.05) is 12.5 Å². The molecule has 0 aromatic rings. The van der Waals surface area contributed by atoms with Gasteiger partial charge in [0.15, 0.2) is 0 Å². The quantitative estimate of drug-likeness (QED) is 0.251. The molecule has 2 fully saturated rings. The molecule has 0 spiro atoms. The highest BCUT2D eigenvalue weighted by atomic mass is 31.0. The molecule has 1 aliphatic heterocycles. The van der Waals surface area contributed by atoms with Crippen molar-refractivity contribution >= 4 is 33.1 Å². The van der Waals surface area contributed by atoms with Crippen LogP contribution < -0.4 is 10.6 Å². The molecule has 6 atom stereocenters. The maximum Gasteiger partial charge on any atom is 0.408 e. The van der Waals surface area contributed by atoms with Crippen LogP contribution in [0.3, 0.4) is 0 Å². The fraction of sp³-hybridized carbons (Fsp3) is 0.680. The number of alkyl carbamates (subject to hydrolysis) is 1. The number of ether oxygens (including phenoxy) is 2. The summed E-state index contributed by atoms with van der Waals surface area (Å²) < 4.78 is 10.5. The molecule has 2 N–H and O–H groups in total. The maximum atomic E-state index is 13.6. The van der Waals surface area contributed by atoms with Crippen LogP contribution in [0.5, 0.6) is 0 Å². The van der Waals surface area contributed by atoms with Gasteiger partial charge in [0.2, 0.25) is 11.8 Å². The first kappa shape index (κ1) is 28.8. The molecule has 10 heteroatoms. The van der Waals surface area contributed by atoms with E-state index < -0.39 is 41.2 Å². The molecule has 9 nitrogen and oxygen atoms in total. The predicted octanol–water partition coefficient (Wildman–Crippen LogP) is 2.56. The van der Waals surface area contributed by atoms with Crippen LogP contribution in [0.4, 0.5) is 4.79 Å². The van der Waals surface area contributed by atoms with Crippen molar-refractivity contribution in [1.82, 2.24) is 15.5 Å². The highest BCUT2D eigenvalue weighted by molar-refractivity contribution is 7.16. The molecule has 1 saturated heterocycles. The van der Waals surface area contributed by atoms with Crippen molar-refractivity contribution in [3.8, 4) is 0 Å². The molecule has 0 radical (unpaired) electrons. The summed E-state index contributed by atoms with van der Waals surface area (Å²) in [6, 6.07) is -1.64. The second-order valence-electron chi connectivity index (χ2n) is 10.1. The number of carbonyl (C=O) groups is 4. The number of rotatable bonds is 11. The SMILES string of the molecule is C=CCC[C@H](NC(=O)OC(C)(C)C)C(=O)N1C[C@H](CP)C[C@H]1C(=O)N[C@]1(C(=O)OCC)C[C@H]1C=C. The second-order valence-corrected chi connectivity index (χ2v) is 10.6. The van der Waals surface area contributed by atoms with Crippen molar-refractivity contribution in [2.24, 2.45) is 11.8 Å². The van der Waals surface area contributed by atoms with Crippen LogP contribution in [-0.4, -0.2) is 71.3 Å². The zero-order valence-corrected chi connectivity index (χ0v) is 22.5. The number of carbonyl (C=O) groups excluding carboxylic acids is 4. The molecular formula is C25H40N3O6P. The van der Waals surface area contributed by atoms with Crippen LogP contribution in [-0.2, 0) is 23.9 Å². The van der Waals surface area contributed by atoms with E-state index in [-0.39, 0.29) is 24.3 Å². The first-order chi connectivity index (χ1) is 16.4. The Morgan fingerprint density at radius 2 is 1.94 bits per heavy atom. The number of nitrogens with one attached hydrogen (secondary N) is 2. The van der Waals surface area contributed by atoms with Crippen molar-refractivity contribution < 1.29 is 28.7 Å². The van der Waals surface area contributed by atoms with Gasteiger partial charge in [-0.25, -0.2) is 9.59 Å². The highest BCUT2D eigenvalue weighted by Crippen LogP contribution is 2.45. The van der Waals surface area contributed by atoms with E-state index in [9.17, 15) is 19.2 Å². The predicted molar refractivity (Wildman–Crippen MR) is 137 cm³/mol. The minimum absolute atomic E-state index is 0.0919. The standard InChI is InChI=1S/C25H40N3O6P/c1-7-10-11-18(26-23(32)34-24(4,5)6)21(30)28-14-16(15-35)12-19(28)20(29)27-25(13-17(25)8-2)22(31)33-9-3/h7-8,16-19H,1-2,9-15,35H2,3-6H3,(H,26,32)(H,27,29)/t16-,17-,18+,19+,25-/m1/s1. The summed E-state index contributed by atoms with van der Waals surface area (Å²) in [6.07, 6.45) is 5.01. The van der Waals surface area contributed by atoms with Crippen LogP contribution in [0.25, 0.3) is 0 Å². The number of nitrogens with zero attached hydrogens (tertiary/aromatic N) is 1. The van der Waals surface area contributed by atoms with Gasteiger partial charge in [0.25, 0.3) is 0 Å². The number of hydrogen-bond donors (Lipinski definition) is 2. The minimum Gasteiger partial charge on any atom is -0.464 e. The Bertz CT molecular complexity index is 842. The van der Waals surface area contributed by atoms with E-state index in [1.54, 1.807) is 39.8 Å². The summed E-state index contributed by atoms with van der Waals surface area (Å²) in [4.78, 5) is 53.5. The summed E-state index contributed by atoms with van der Waals surface area (Å²) in [5.41, 5.74) is -1.86. The Kier molecular flexibility index (Phi) is 9.90. The number of likely N-dealkylation sites (tertiary alicyclic amines) is 1. The monoisotopic (exact) mass is 509 g/mol. The van der Waals surface area contributed by atoms with Gasteiger partial charge in [-0.05, 0) is 65.5 Å². The minimum atomic E-state index is -1.14. The first-order valence-corrected chi connectivity index (χ1v) is 13.0. The van der Waals surface area contributed by atoms with E-state index in [0.717, 1.165) is 0 Å². The summed E-state index contributed by atoms with van der Waals surface area (Å²) in [5, 5.41) is 5.53. The number of amides is 3. The Morgan fingerprint density at radius 1 is 1.26 bits per heavy atom. The van der Waals surface area contributed by atoms with E-state index in [1.165, 1.54) is 4.90 Å². The maximum absolute atomic E-state index is 13.6. The van der Waals surface area contributed by atoms with Gasteiger partial charge in [-0.3, -0.25) is 9.59 Å². The summed E-state index contributed by atoms with van der Waals surface area (Å²) in [5.74, 6) is -1.39. The van der Waals surface area contributed by atoms with Crippen molar-refractivity contribution in [2.75, 3.05) is 19.3 Å². The Labute approximate surface area is 210 Å². The van der Waals surface area contributed by atoms with Gasteiger partial charge < -0.3 is 25.0 Å². The largest absolute Gasteiger partial charge is 0.464 e. The van der Waals surface area contributed by atoms with E-state index in [4.69, 9.17) is 9.47 Å². The van der Waals surface area contributed by atoms with Crippen molar-refractivity contribution in [3.63, 3.8) is 0 Å². The molecule has 0 bridgehead atoms. The Morgan fingerprint density at radius 3 is 2.46 bits per heavy atom. The highest BCUT2D eigenvalue weighted by Gasteiger charge is 2.62. The molecular weight excluding hydrogens is 469 g/mol. The molecule has 3 amide bonds. The smallest absolute Gasteiger partial charge is 0.408 e. The molecule has 35 heavy (non-hydrogen) atoms. The van der Waals surface area contributed by atoms with Crippen LogP contribution in [0.2, 0.25) is 0 Å². The Hall–Kier alpha value is -2.41. The lowest BCUT2D eigenvalue weighted by atomic mass is 10.1. The van der Waals surface area contributed by atoms with Crippen LogP contribution in [0, 0.1) is 11.8 Å². The van der Waals surface area contributed by atoms with Gasteiger partial charge in [0.05, 0.1) is 6.61 Å². The normalized spacial score (nSPS) is 26.3. The average molecular weight is 510 g/mol. The van der Waals surface area contributed by atoms with Gasteiger partial charge in [0.1, 0.15) is 23.2 Å². The zero-order valence-electron chi connectivity index (χ0n) is 21.3. The van der Waals surface area contributed by atoms with Gasteiger partial charge in [-0.1, -0.05) is 12.2 Å². The first-order valence-electron chi connectivity index (χ1n) is 12.1. The topological polar surface area (TPSA) is 114 Å². The Balaban J connectivity index is 2.22. The summed E-state index contributed by atoms with van der Waals surface area (Å²) >= 11 is 0. The second kappa shape index (κ2) is 12.0. The van der Waals surface area contributed by atoms with Crippen molar-refractivity contribution in [1.29, 1.82) is 0 Å². The third kappa shape index (κ3) is 7.29. The van der Waals surface area contributed by atoms with Gasteiger partial charge in [-0.2, -0.15) is 0 Å². The fourth-order valence-electron chi connectivity index (χ4n) is 4.34. The molecule has 2 aliphatic rings. The molecule has 0 aromatic heterocycles. The van der Waals surface area contributed by atoms with E-state index in [0.29, 0.717) is 38.4 Å². The molecule has 1 saturated carbocycles. The lowest BCUT2D eigenvalue weighted by Crippen LogP contribution is -2.56. The van der Waals surface area contributed by atoms with Gasteiger partial charge >= 0.3 is 12.1 Å². The fourth-order valence-corrected chi connectivity index (χ4v) is 4.68. The van der Waals surface area contributed by atoms with Crippen molar-refractivity contribution in [3.05, 3.63) is 25.3 Å². The number of allylic oxidation sites excluding steroid dienone is 1. The van der Waals surface area contributed by atoms with E-state index >= 15 is 0 Å². The molecule has 2 rings (SSSR count). The third-order valence-electron chi connectivity index (χ3n) is 6.24. The lowest BCUT2D eigenvalue weighted by molar-refractivity contribution is -0.150. The van der Waals surface area contributed by atoms with Crippen molar-refractivity contribution in [2.45, 2.75) is 76.6 Å². The summed E-state index contributed by atoms with van der Waals surface area (Å²) in [6.45, 7) is 15.0. The van der Waals surface area contributed by atoms with Crippen LogP contribution in [0.15, 0.2) is 25.3 Å². The molecule has 1 unspecified atom stereocenters. The third-order valence-corrected chi connectivity index (χ3v) is 6.91. The van der Waals surface area contributed by atoms with Crippen LogP contribution in [0.1, 0.15) is 53.4 Å². The van der Waals surface area contributed by atoms with E-state index in [2.05, 4.69) is 33.0 Å². The lowest BCUT2D eigenvalue weighted by Gasteiger charge is -2.30.